The fourth-order valence-corrected chi connectivity index (χ4v) is 2.46. The minimum Gasteiger partial charge on any atom is -0.356 e. The van der Waals surface area contributed by atoms with Crippen LogP contribution in [0, 0.1) is 5.92 Å². The van der Waals surface area contributed by atoms with Gasteiger partial charge in [-0.3, -0.25) is 0 Å². The van der Waals surface area contributed by atoms with E-state index in [4.69, 9.17) is 0 Å². The zero-order chi connectivity index (χ0) is 13.3. The highest BCUT2D eigenvalue weighted by Crippen LogP contribution is 2.32. The summed E-state index contributed by atoms with van der Waals surface area (Å²) in [7, 11) is 0. The van der Waals surface area contributed by atoms with Crippen molar-refractivity contribution in [2.45, 2.75) is 24.3 Å². The lowest BCUT2D eigenvalue weighted by molar-refractivity contribution is -0.137. The second kappa shape index (κ2) is 5.07. The van der Waals surface area contributed by atoms with E-state index in [-0.39, 0.29) is 0 Å². The highest BCUT2D eigenvalue weighted by Gasteiger charge is 2.32. The van der Waals surface area contributed by atoms with Gasteiger partial charge in [-0.15, -0.1) is 0 Å². The predicted molar refractivity (Wildman–Crippen MR) is 67.9 cm³/mol. The van der Waals surface area contributed by atoms with Crippen molar-refractivity contribution in [2.24, 2.45) is 5.92 Å². The summed E-state index contributed by atoms with van der Waals surface area (Å²) in [5.74, 6) is 0.811. The lowest BCUT2D eigenvalue weighted by Crippen LogP contribution is -2.40. The second-order valence-electron chi connectivity index (χ2n) is 4.63. The van der Waals surface area contributed by atoms with Crippen molar-refractivity contribution in [3.8, 4) is 0 Å². The van der Waals surface area contributed by atoms with Crippen molar-refractivity contribution < 1.29 is 13.2 Å². The van der Waals surface area contributed by atoms with Crippen LogP contribution in [0.2, 0.25) is 0 Å². The van der Waals surface area contributed by atoms with Gasteiger partial charge in [0.15, 0.2) is 0 Å². The minimum atomic E-state index is -4.31. The fourth-order valence-electron chi connectivity index (χ4n) is 2.09. The normalized spacial score (nSPS) is 25.3. The van der Waals surface area contributed by atoms with Crippen molar-refractivity contribution in [1.82, 2.24) is 4.98 Å². The standard InChI is InChI=1S/C12H14BrF3N2/c1-8-7-18(5-3-10(8)13)11-6-9(2-4-17-11)12(14,15)16/h2,4,6,8,10H,3,5,7H2,1H3. The van der Waals surface area contributed by atoms with Crippen molar-refractivity contribution >= 4 is 21.7 Å². The maximum absolute atomic E-state index is 12.6. The third kappa shape index (κ3) is 2.96. The SMILES string of the molecule is CC1CN(c2cc(C(F)(F)F)ccn2)CCC1Br. The van der Waals surface area contributed by atoms with Crippen LogP contribution in [0.15, 0.2) is 18.3 Å². The predicted octanol–water partition coefficient (Wildman–Crippen LogP) is 3.71. The zero-order valence-electron chi connectivity index (χ0n) is 9.91. The summed E-state index contributed by atoms with van der Waals surface area (Å²) in [6, 6.07) is 2.13. The average Bonchev–Trinajstić information content (AvgIpc) is 2.32. The molecule has 0 radical (unpaired) electrons. The fraction of sp³-hybridized carbons (Fsp3) is 0.583. The van der Waals surface area contributed by atoms with Gasteiger partial charge >= 0.3 is 6.18 Å². The molecule has 0 amide bonds. The number of alkyl halides is 4. The maximum Gasteiger partial charge on any atom is 0.416 e. The van der Waals surface area contributed by atoms with Crippen LogP contribution in [0.3, 0.4) is 0 Å². The number of hydrogen-bond donors (Lipinski definition) is 0. The van der Waals surface area contributed by atoms with E-state index in [9.17, 15) is 13.2 Å². The first kappa shape index (κ1) is 13.6. The average molecular weight is 323 g/mol. The van der Waals surface area contributed by atoms with Crippen molar-refractivity contribution in [1.29, 1.82) is 0 Å². The third-order valence-electron chi connectivity index (χ3n) is 3.20. The van der Waals surface area contributed by atoms with Gasteiger partial charge in [-0.2, -0.15) is 13.2 Å². The van der Waals surface area contributed by atoms with E-state index in [0.29, 0.717) is 16.6 Å². The number of piperidine rings is 1. The molecule has 1 saturated heterocycles. The molecule has 1 fully saturated rings. The summed E-state index contributed by atoms with van der Waals surface area (Å²) in [5, 5.41) is 0. The molecule has 2 heterocycles. The molecule has 0 aromatic carbocycles. The molecule has 2 atom stereocenters. The summed E-state index contributed by atoms with van der Waals surface area (Å²) in [5.41, 5.74) is -0.638. The van der Waals surface area contributed by atoms with E-state index in [0.717, 1.165) is 31.6 Å². The molecule has 18 heavy (non-hydrogen) atoms. The van der Waals surface area contributed by atoms with Gasteiger partial charge in [-0.25, -0.2) is 4.98 Å². The Hall–Kier alpha value is -0.780. The molecule has 6 heteroatoms. The number of hydrogen-bond acceptors (Lipinski definition) is 2. The number of rotatable bonds is 1. The number of halogens is 4. The van der Waals surface area contributed by atoms with Crippen molar-refractivity contribution in [3.63, 3.8) is 0 Å². The van der Waals surface area contributed by atoms with Gasteiger partial charge in [-0.05, 0) is 24.5 Å². The van der Waals surface area contributed by atoms with Crippen LogP contribution in [-0.2, 0) is 6.18 Å². The molecule has 0 saturated carbocycles. The first-order chi connectivity index (χ1) is 8.38. The summed E-state index contributed by atoms with van der Waals surface area (Å²) >= 11 is 3.57. The van der Waals surface area contributed by atoms with Gasteiger partial charge in [0.1, 0.15) is 5.82 Å². The van der Waals surface area contributed by atoms with Crippen LogP contribution in [0.5, 0.6) is 0 Å². The molecule has 1 aliphatic rings. The topological polar surface area (TPSA) is 16.1 Å². The molecule has 0 spiro atoms. The molecule has 0 aliphatic carbocycles. The maximum atomic E-state index is 12.6. The molecular weight excluding hydrogens is 309 g/mol. The third-order valence-corrected chi connectivity index (χ3v) is 4.56. The van der Waals surface area contributed by atoms with E-state index in [2.05, 4.69) is 27.8 Å². The van der Waals surface area contributed by atoms with Crippen molar-refractivity contribution in [3.05, 3.63) is 23.9 Å². The number of pyridine rings is 1. The highest BCUT2D eigenvalue weighted by atomic mass is 79.9. The highest BCUT2D eigenvalue weighted by molar-refractivity contribution is 9.09. The number of nitrogens with zero attached hydrogens (tertiary/aromatic N) is 2. The van der Waals surface area contributed by atoms with Crippen LogP contribution < -0.4 is 4.90 Å². The lowest BCUT2D eigenvalue weighted by atomic mass is 10.00. The largest absolute Gasteiger partial charge is 0.416 e. The van der Waals surface area contributed by atoms with Crippen LogP contribution in [0.25, 0.3) is 0 Å². The first-order valence-electron chi connectivity index (χ1n) is 5.80. The Balaban J connectivity index is 2.19. The molecule has 1 aliphatic heterocycles. The van der Waals surface area contributed by atoms with Crippen LogP contribution in [-0.4, -0.2) is 22.9 Å². The molecule has 2 rings (SSSR count). The van der Waals surface area contributed by atoms with E-state index in [1.807, 2.05) is 4.90 Å². The van der Waals surface area contributed by atoms with Crippen LogP contribution in [0.1, 0.15) is 18.9 Å². The molecule has 1 aromatic rings. The van der Waals surface area contributed by atoms with E-state index in [1.165, 1.54) is 6.20 Å². The molecule has 0 N–H and O–H groups in total. The van der Waals surface area contributed by atoms with Crippen LogP contribution in [0.4, 0.5) is 19.0 Å². The zero-order valence-corrected chi connectivity index (χ0v) is 11.5. The van der Waals surface area contributed by atoms with Crippen LogP contribution >= 0.6 is 15.9 Å². The molecule has 1 aromatic heterocycles. The monoisotopic (exact) mass is 322 g/mol. The van der Waals surface area contributed by atoms with Gasteiger partial charge in [0.2, 0.25) is 0 Å². The minimum absolute atomic E-state index is 0.398. The summed E-state index contributed by atoms with van der Waals surface area (Å²) in [6.45, 7) is 3.54. The van der Waals surface area contributed by atoms with E-state index < -0.39 is 11.7 Å². The molecular formula is C12H14BrF3N2. The van der Waals surface area contributed by atoms with E-state index >= 15 is 0 Å². The summed E-state index contributed by atoms with van der Waals surface area (Å²) in [4.78, 5) is 6.39. The molecule has 2 nitrogen and oxygen atoms in total. The van der Waals surface area contributed by atoms with Gasteiger partial charge in [0, 0.05) is 24.1 Å². The molecule has 100 valence electrons. The Morgan fingerprint density at radius 2 is 2.17 bits per heavy atom. The summed E-state index contributed by atoms with van der Waals surface area (Å²) < 4.78 is 37.9. The van der Waals surface area contributed by atoms with E-state index in [1.54, 1.807) is 0 Å². The number of aromatic nitrogens is 1. The Kier molecular flexibility index (Phi) is 3.84. The number of anilines is 1. The van der Waals surface area contributed by atoms with Gasteiger partial charge in [0.05, 0.1) is 5.56 Å². The quantitative estimate of drug-likeness (QED) is 0.733. The Labute approximate surface area is 112 Å². The Bertz CT molecular complexity index is 422. The Morgan fingerprint density at radius 1 is 1.44 bits per heavy atom. The van der Waals surface area contributed by atoms with Crippen molar-refractivity contribution in [2.75, 3.05) is 18.0 Å². The van der Waals surface area contributed by atoms with Gasteiger partial charge in [-0.1, -0.05) is 22.9 Å². The summed E-state index contributed by atoms with van der Waals surface area (Å²) in [6.07, 6.45) is -2.17. The first-order valence-corrected chi connectivity index (χ1v) is 6.72. The molecule has 0 bridgehead atoms. The Morgan fingerprint density at radius 3 is 2.78 bits per heavy atom. The smallest absolute Gasteiger partial charge is 0.356 e. The lowest BCUT2D eigenvalue weighted by Gasteiger charge is -2.35. The van der Waals surface area contributed by atoms with Gasteiger partial charge in [0.25, 0.3) is 0 Å². The van der Waals surface area contributed by atoms with Gasteiger partial charge < -0.3 is 4.90 Å². The molecule has 2 unspecified atom stereocenters. The second-order valence-corrected chi connectivity index (χ2v) is 5.80.